The Balaban J connectivity index is 1.36. The van der Waals surface area contributed by atoms with Crippen LogP contribution in [0, 0.1) is 6.92 Å². The van der Waals surface area contributed by atoms with Crippen LogP contribution in [0.4, 0.5) is 5.69 Å². The highest BCUT2D eigenvalue weighted by atomic mass is 35.5. The number of hydrogen-bond donors (Lipinski definition) is 0. The summed E-state index contributed by atoms with van der Waals surface area (Å²) in [5.74, 6) is -0.123. The van der Waals surface area contributed by atoms with E-state index in [0.29, 0.717) is 16.5 Å². The third kappa shape index (κ3) is 3.03. The molecule has 2 aliphatic rings. The minimum Gasteiger partial charge on any atom is -0.337 e. The number of nitrogens with zero attached hydrogens (tertiary/aromatic N) is 6. The lowest BCUT2D eigenvalue weighted by Crippen LogP contribution is -2.39. The van der Waals surface area contributed by atoms with Crippen LogP contribution < -0.4 is 4.90 Å². The molecule has 0 unspecified atom stereocenters. The fraction of sp³-hybridized carbons (Fsp3) is 0.200. The molecule has 9 nitrogen and oxygen atoms in total. The number of anilines is 1. The number of amides is 2. The highest BCUT2D eigenvalue weighted by Gasteiger charge is 2.55. The Hall–Kier alpha value is -3.59. The van der Waals surface area contributed by atoms with Crippen LogP contribution in [0.25, 0.3) is 11.4 Å². The first-order valence-corrected chi connectivity index (χ1v) is 9.59. The van der Waals surface area contributed by atoms with Crippen molar-refractivity contribution in [2.75, 3.05) is 4.90 Å². The van der Waals surface area contributed by atoms with E-state index in [1.807, 2.05) is 19.1 Å². The summed E-state index contributed by atoms with van der Waals surface area (Å²) in [7, 11) is 0. The van der Waals surface area contributed by atoms with Crippen molar-refractivity contribution in [1.29, 1.82) is 0 Å². The Kier molecular flexibility index (Phi) is 4.32. The molecule has 0 bridgehead atoms. The monoisotopic (exact) mass is 422 g/mol. The van der Waals surface area contributed by atoms with Gasteiger partial charge in [-0.15, -0.1) is 0 Å². The molecule has 150 valence electrons. The maximum atomic E-state index is 13.0. The lowest BCUT2D eigenvalue weighted by atomic mass is 10.1. The number of carbonyl (C=O) groups excluding carboxylic acids is 2. The molecule has 5 rings (SSSR count). The number of carbonyl (C=O) groups is 2. The normalized spacial score (nSPS) is 20.3. The van der Waals surface area contributed by atoms with Gasteiger partial charge in [0.1, 0.15) is 6.54 Å². The summed E-state index contributed by atoms with van der Waals surface area (Å²) in [6, 6.07) is 12.5. The highest BCUT2D eigenvalue weighted by Crippen LogP contribution is 2.33. The maximum absolute atomic E-state index is 13.0. The molecule has 0 aliphatic carbocycles. The van der Waals surface area contributed by atoms with Crippen molar-refractivity contribution in [2.24, 2.45) is 10.3 Å². The lowest BCUT2D eigenvalue weighted by Gasteiger charge is -2.19. The number of hydrogen-bond acceptors (Lipinski definition) is 8. The van der Waals surface area contributed by atoms with E-state index in [1.165, 1.54) is 5.01 Å². The standard InChI is InChI=1S/C20H15ClN6O3/c1-11-2-8-14(9-3-11)27-19(28)16-17(20(27)29)26(25-23-16)10-15-22-18(24-30-15)12-4-6-13(21)7-5-12/h2-9,16-17H,10H2,1H3/t16-,17-/m1/s1. The average Bonchev–Trinajstić information content (AvgIpc) is 3.43. The number of aryl methyl sites for hydroxylation is 1. The van der Waals surface area contributed by atoms with E-state index in [0.717, 1.165) is 16.0 Å². The van der Waals surface area contributed by atoms with Gasteiger partial charge in [-0.25, -0.2) is 4.90 Å². The fourth-order valence-electron chi connectivity index (χ4n) is 3.48. The molecule has 2 aliphatic heterocycles. The van der Waals surface area contributed by atoms with Crippen LogP contribution in [0.3, 0.4) is 0 Å². The first kappa shape index (κ1) is 18.4. The molecule has 0 spiro atoms. The van der Waals surface area contributed by atoms with Gasteiger partial charge in [0.05, 0.1) is 5.69 Å². The molecule has 3 heterocycles. The third-order valence-electron chi connectivity index (χ3n) is 5.02. The number of rotatable bonds is 4. The molecule has 0 saturated carbocycles. The number of imide groups is 1. The summed E-state index contributed by atoms with van der Waals surface area (Å²) in [6.45, 7) is 2.00. The Morgan fingerprint density at radius 3 is 2.50 bits per heavy atom. The lowest BCUT2D eigenvalue weighted by molar-refractivity contribution is -0.123. The SMILES string of the molecule is Cc1ccc(N2C(=O)[C@@H]3N=NN(Cc4nc(-c5ccc(Cl)cc5)no4)[C@H]3C2=O)cc1. The summed E-state index contributed by atoms with van der Waals surface area (Å²) in [6.07, 6.45) is 0. The topological polar surface area (TPSA) is 104 Å². The quantitative estimate of drug-likeness (QED) is 0.598. The zero-order valence-corrected chi connectivity index (χ0v) is 16.5. The van der Waals surface area contributed by atoms with Gasteiger partial charge >= 0.3 is 0 Å². The second-order valence-electron chi connectivity index (χ2n) is 7.06. The van der Waals surface area contributed by atoms with E-state index < -0.39 is 18.0 Å². The summed E-state index contributed by atoms with van der Waals surface area (Å²) in [5, 5.41) is 14.0. The summed E-state index contributed by atoms with van der Waals surface area (Å²) >= 11 is 5.90. The number of fused-ring (bicyclic) bond motifs is 1. The molecule has 1 fully saturated rings. The molecule has 10 heteroatoms. The van der Waals surface area contributed by atoms with E-state index in [4.69, 9.17) is 16.1 Å². The molecule has 2 aromatic carbocycles. The Bertz CT molecular complexity index is 1160. The predicted octanol–water partition coefficient (Wildman–Crippen LogP) is 3.19. The van der Waals surface area contributed by atoms with E-state index in [2.05, 4.69) is 20.5 Å². The average molecular weight is 423 g/mol. The van der Waals surface area contributed by atoms with Crippen LogP contribution >= 0.6 is 11.6 Å². The fourth-order valence-corrected chi connectivity index (χ4v) is 3.60. The van der Waals surface area contributed by atoms with Crippen LogP contribution in [0.1, 0.15) is 11.5 Å². The van der Waals surface area contributed by atoms with Crippen molar-refractivity contribution in [3.63, 3.8) is 0 Å². The molecule has 1 aromatic heterocycles. The molecular formula is C20H15ClN6O3. The smallest absolute Gasteiger partial charge is 0.263 e. The molecule has 0 N–H and O–H groups in total. The van der Waals surface area contributed by atoms with Crippen molar-refractivity contribution in [3.8, 4) is 11.4 Å². The maximum Gasteiger partial charge on any atom is 0.263 e. The van der Waals surface area contributed by atoms with Gasteiger partial charge in [0, 0.05) is 10.6 Å². The second-order valence-corrected chi connectivity index (χ2v) is 7.49. The zero-order chi connectivity index (χ0) is 20.8. The van der Waals surface area contributed by atoms with Crippen LogP contribution in [-0.4, -0.2) is 39.0 Å². The first-order valence-electron chi connectivity index (χ1n) is 9.22. The molecule has 2 amide bonds. The minimum atomic E-state index is -0.877. The number of halogens is 1. The minimum absolute atomic E-state index is 0.0615. The van der Waals surface area contributed by atoms with Gasteiger partial charge < -0.3 is 4.52 Å². The largest absolute Gasteiger partial charge is 0.337 e. The molecule has 2 atom stereocenters. The van der Waals surface area contributed by atoms with E-state index in [-0.39, 0.29) is 18.3 Å². The van der Waals surface area contributed by atoms with Gasteiger partial charge in [-0.3, -0.25) is 14.6 Å². The predicted molar refractivity (Wildman–Crippen MR) is 106 cm³/mol. The Labute approximate surface area is 175 Å². The molecular weight excluding hydrogens is 408 g/mol. The van der Waals surface area contributed by atoms with Gasteiger partial charge in [0.25, 0.3) is 11.8 Å². The molecule has 30 heavy (non-hydrogen) atoms. The van der Waals surface area contributed by atoms with Crippen molar-refractivity contribution < 1.29 is 14.1 Å². The number of aromatic nitrogens is 2. The van der Waals surface area contributed by atoms with Gasteiger partial charge in [0.2, 0.25) is 11.7 Å². The molecule has 1 saturated heterocycles. The van der Waals surface area contributed by atoms with E-state index in [9.17, 15) is 9.59 Å². The van der Waals surface area contributed by atoms with Crippen molar-refractivity contribution >= 4 is 29.1 Å². The molecule has 0 radical (unpaired) electrons. The number of benzene rings is 2. The summed E-state index contributed by atoms with van der Waals surface area (Å²) in [5.41, 5.74) is 2.29. The highest BCUT2D eigenvalue weighted by molar-refractivity contribution is 6.30. The van der Waals surface area contributed by atoms with Crippen LogP contribution in [0.15, 0.2) is 63.4 Å². The summed E-state index contributed by atoms with van der Waals surface area (Å²) < 4.78 is 5.30. The van der Waals surface area contributed by atoms with Crippen molar-refractivity contribution in [2.45, 2.75) is 25.6 Å². The second kappa shape index (κ2) is 7.03. The van der Waals surface area contributed by atoms with Crippen LogP contribution in [0.2, 0.25) is 5.02 Å². The van der Waals surface area contributed by atoms with Crippen LogP contribution in [0.5, 0.6) is 0 Å². The zero-order valence-electron chi connectivity index (χ0n) is 15.8. The first-order chi connectivity index (χ1) is 14.5. The van der Waals surface area contributed by atoms with Gasteiger partial charge in [-0.2, -0.15) is 10.1 Å². The third-order valence-corrected chi connectivity index (χ3v) is 5.27. The van der Waals surface area contributed by atoms with Gasteiger partial charge in [-0.05, 0) is 43.3 Å². The van der Waals surface area contributed by atoms with E-state index in [1.54, 1.807) is 36.4 Å². The van der Waals surface area contributed by atoms with Gasteiger partial charge in [0.15, 0.2) is 12.1 Å². The van der Waals surface area contributed by atoms with Gasteiger partial charge in [-0.1, -0.05) is 39.7 Å². The van der Waals surface area contributed by atoms with Crippen LogP contribution in [-0.2, 0) is 16.1 Å². The Morgan fingerprint density at radius 2 is 1.77 bits per heavy atom. The van der Waals surface area contributed by atoms with E-state index >= 15 is 0 Å². The van der Waals surface area contributed by atoms with Crippen molar-refractivity contribution in [3.05, 3.63) is 65.0 Å². The van der Waals surface area contributed by atoms with Crippen molar-refractivity contribution in [1.82, 2.24) is 15.1 Å². The Morgan fingerprint density at radius 1 is 1.03 bits per heavy atom. The summed E-state index contributed by atoms with van der Waals surface area (Å²) in [4.78, 5) is 31.3. The molecule has 3 aromatic rings.